The number of benzene rings is 1. The van der Waals surface area contributed by atoms with Gasteiger partial charge < -0.3 is 5.11 Å². The molecule has 0 saturated carbocycles. The predicted molar refractivity (Wildman–Crippen MR) is 112 cm³/mol. The number of aryl methyl sites for hydroxylation is 2. The van der Waals surface area contributed by atoms with Gasteiger partial charge in [0.05, 0.1) is 5.69 Å². The van der Waals surface area contributed by atoms with Crippen molar-refractivity contribution in [1.82, 2.24) is 20.0 Å². The van der Waals surface area contributed by atoms with Crippen LogP contribution in [0.1, 0.15) is 41.8 Å². The van der Waals surface area contributed by atoms with Crippen LogP contribution in [0.15, 0.2) is 30.3 Å². The first-order chi connectivity index (χ1) is 13.6. The van der Waals surface area contributed by atoms with Gasteiger partial charge in [-0.05, 0) is 63.7 Å². The lowest BCUT2D eigenvalue weighted by molar-refractivity contribution is -0.0450. The molecule has 2 N–H and O–H groups in total. The van der Waals surface area contributed by atoms with Crippen molar-refractivity contribution >= 4 is 0 Å². The molecule has 152 valence electrons. The quantitative estimate of drug-likeness (QED) is 0.834. The average Bonchev–Trinajstić information content (AvgIpc) is 3.04. The van der Waals surface area contributed by atoms with Gasteiger partial charge in [-0.3, -0.25) is 14.9 Å². The fraction of sp³-hybridized carbons (Fsp3) is 0.609. The maximum Gasteiger partial charge on any atom is 0.0639 e. The number of hydrogen-bond acceptors (Lipinski definition) is 4. The molecule has 1 atom stereocenters. The maximum absolute atomic E-state index is 10.2. The third-order valence-electron chi connectivity index (χ3n) is 7.25. The third-order valence-corrected chi connectivity index (χ3v) is 7.25. The Balaban J connectivity index is 1.36. The van der Waals surface area contributed by atoms with Crippen LogP contribution in [0.3, 0.4) is 0 Å². The molecule has 28 heavy (non-hydrogen) atoms. The molecule has 4 rings (SSSR count). The molecule has 1 unspecified atom stereocenters. The molecule has 1 aromatic heterocycles. The van der Waals surface area contributed by atoms with Crippen molar-refractivity contribution in [1.29, 1.82) is 0 Å². The van der Waals surface area contributed by atoms with E-state index in [9.17, 15) is 5.11 Å². The summed E-state index contributed by atoms with van der Waals surface area (Å²) >= 11 is 0. The molecule has 5 nitrogen and oxygen atoms in total. The number of hydrogen-bond donors (Lipinski definition) is 2. The van der Waals surface area contributed by atoms with Crippen LogP contribution in [-0.4, -0.2) is 57.9 Å². The van der Waals surface area contributed by atoms with Gasteiger partial charge in [-0.25, -0.2) is 0 Å². The van der Waals surface area contributed by atoms with Crippen LogP contribution < -0.4 is 0 Å². The van der Waals surface area contributed by atoms with Gasteiger partial charge in [0.25, 0.3) is 0 Å². The second-order valence-electron chi connectivity index (χ2n) is 8.90. The number of aliphatic hydroxyl groups is 1. The highest BCUT2D eigenvalue weighted by atomic mass is 16.3. The molecule has 0 bridgehead atoms. The van der Waals surface area contributed by atoms with Gasteiger partial charge in [-0.15, -0.1) is 0 Å². The van der Waals surface area contributed by atoms with E-state index < -0.39 is 0 Å². The fourth-order valence-electron chi connectivity index (χ4n) is 5.26. The van der Waals surface area contributed by atoms with Gasteiger partial charge in [0.15, 0.2) is 0 Å². The molecule has 0 aliphatic carbocycles. The number of rotatable bonds is 5. The summed E-state index contributed by atoms with van der Waals surface area (Å²) in [6.45, 7) is 10.9. The number of aliphatic hydroxyl groups excluding tert-OH is 1. The number of nitrogens with zero attached hydrogens (tertiary/aromatic N) is 3. The minimum atomic E-state index is 0.304. The minimum absolute atomic E-state index is 0.304. The van der Waals surface area contributed by atoms with E-state index in [-0.39, 0.29) is 0 Å². The normalized spacial score (nSPS) is 23.3. The lowest BCUT2D eigenvalue weighted by atomic mass is 9.64. The molecular formula is C23H34N4O. The van der Waals surface area contributed by atoms with Crippen LogP contribution in [0, 0.1) is 25.2 Å². The molecule has 2 aliphatic rings. The van der Waals surface area contributed by atoms with E-state index >= 15 is 0 Å². The summed E-state index contributed by atoms with van der Waals surface area (Å²) < 4.78 is 0. The zero-order chi connectivity index (χ0) is 19.6. The lowest BCUT2D eigenvalue weighted by Crippen LogP contribution is -2.53. The van der Waals surface area contributed by atoms with Gasteiger partial charge in [-0.2, -0.15) is 5.10 Å². The highest BCUT2D eigenvalue weighted by molar-refractivity contribution is 5.23. The van der Waals surface area contributed by atoms with Crippen LogP contribution in [0.2, 0.25) is 0 Å². The Bertz CT molecular complexity index is 745. The second-order valence-corrected chi connectivity index (χ2v) is 8.90. The van der Waals surface area contributed by atoms with Crippen molar-refractivity contribution in [2.75, 3.05) is 32.8 Å². The summed E-state index contributed by atoms with van der Waals surface area (Å²) in [4.78, 5) is 5.10. The van der Waals surface area contributed by atoms with Crippen molar-refractivity contribution in [3.05, 3.63) is 52.8 Å². The largest absolute Gasteiger partial charge is 0.396 e. The van der Waals surface area contributed by atoms with Gasteiger partial charge in [-0.1, -0.05) is 30.3 Å². The topological polar surface area (TPSA) is 55.4 Å². The Morgan fingerprint density at radius 1 is 1.04 bits per heavy atom. The molecule has 2 saturated heterocycles. The molecule has 1 aromatic carbocycles. The molecule has 3 heterocycles. The van der Waals surface area contributed by atoms with E-state index in [1.807, 2.05) is 0 Å². The van der Waals surface area contributed by atoms with Crippen molar-refractivity contribution < 1.29 is 5.11 Å². The Morgan fingerprint density at radius 3 is 2.32 bits per heavy atom. The molecule has 0 amide bonds. The summed E-state index contributed by atoms with van der Waals surface area (Å²) in [6.07, 6.45) is 3.62. The summed E-state index contributed by atoms with van der Waals surface area (Å²) in [5.41, 5.74) is 5.32. The Morgan fingerprint density at radius 2 is 1.71 bits per heavy atom. The Hall–Kier alpha value is -1.69. The fourth-order valence-corrected chi connectivity index (χ4v) is 5.26. The average molecular weight is 383 g/mol. The molecule has 5 heteroatoms. The molecule has 2 aliphatic heterocycles. The predicted octanol–water partition coefficient (Wildman–Crippen LogP) is 3.12. The van der Waals surface area contributed by atoms with E-state index in [4.69, 9.17) is 0 Å². The van der Waals surface area contributed by atoms with E-state index in [0.717, 1.165) is 45.0 Å². The summed E-state index contributed by atoms with van der Waals surface area (Å²) in [6, 6.07) is 10.8. The molecule has 0 radical (unpaired) electrons. The van der Waals surface area contributed by atoms with Crippen LogP contribution in [0.5, 0.6) is 0 Å². The number of aromatic amines is 1. The first kappa shape index (κ1) is 19.6. The molecule has 2 fully saturated rings. The lowest BCUT2D eigenvalue weighted by Gasteiger charge is -2.51. The molecule has 1 spiro atoms. The highest BCUT2D eigenvalue weighted by Gasteiger charge is 2.44. The zero-order valence-electron chi connectivity index (χ0n) is 17.3. The molecule has 2 aromatic rings. The van der Waals surface area contributed by atoms with E-state index in [2.05, 4.69) is 64.2 Å². The second kappa shape index (κ2) is 8.36. The number of H-pyrrole nitrogens is 1. The van der Waals surface area contributed by atoms with E-state index in [0.29, 0.717) is 17.9 Å². The highest BCUT2D eigenvalue weighted by Crippen LogP contribution is 2.45. The van der Waals surface area contributed by atoms with Crippen LogP contribution in [-0.2, 0) is 13.1 Å². The number of nitrogens with one attached hydrogen (secondary N) is 1. The monoisotopic (exact) mass is 382 g/mol. The van der Waals surface area contributed by atoms with E-state index in [1.165, 1.54) is 36.1 Å². The summed E-state index contributed by atoms with van der Waals surface area (Å²) in [5.74, 6) is 0.382. The van der Waals surface area contributed by atoms with E-state index in [1.54, 1.807) is 0 Å². The standard InChI is InChI=1S/C23H34N4O/c1-18-22(19(2)25-24-18)16-27-13-10-23(21(15-27)17-28)8-11-26(12-9-23)14-20-6-4-3-5-7-20/h3-7,21,28H,8-17H2,1-2H3,(H,24,25). The van der Waals surface area contributed by atoms with Gasteiger partial charge in [0.1, 0.15) is 0 Å². The van der Waals surface area contributed by atoms with Gasteiger partial charge in [0.2, 0.25) is 0 Å². The van der Waals surface area contributed by atoms with Gasteiger partial charge >= 0.3 is 0 Å². The summed E-state index contributed by atoms with van der Waals surface area (Å²) in [7, 11) is 0. The van der Waals surface area contributed by atoms with Crippen molar-refractivity contribution in [3.8, 4) is 0 Å². The first-order valence-electron chi connectivity index (χ1n) is 10.7. The zero-order valence-corrected chi connectivity index (χ0v) is 17.3. The number of aromatic nitrogens is 2. The Kier molecular flexibility index (Phi) is 5.85. The SMILES string of the molecule is Cc1n[nH]c(C)c1CN1CCC2(CCN(Cc3ccccc3)CC2)C(CO)C1. The van der Waals surface area contributed by atoms with Crippen LogP contribution in [0.4, 0.5) is 0 Å². The smallest absolute Gasteiger partial charge is 0.0639 e. The van der Waals surface area contributed by atoms with Crippen molar-refractivity contribution in [3.63, 3.8) is 0 Å². The van der Waals surface area contributed by atoms with Crippen molar-refractivity contribution in [2.24, 2.45) is 11.3 Å². The number of piperidine rings is 2. The molecular weight excluding hydrogens is 348 g/mol. The van der Waals surface area contributed by atoms with Crippen molar-refractivity contribution in [2.45, 2.75) is 46.2 Å². The Labute approximate surface area is 168 Å². The van der Waals surface area contributed by atoms with Crippen LogP contribution in [0.25, 0.3) is 0 Å². The summed E-state index contributed by atoms with van der Waals surface area (Å²) in [5, 5.41) is 17.6. The van der Waals surface area contributed by atoms with Gasteiger partial charge in [0, 0.05) is 43.4 Å². The minimum Gasteiger partial charge on any atom is -0.396 e. The first-order valence-corrected chi connectivity index (χ1v) is 10.7. The third kappa shape index (κ3) is 4.02. The maximum atomic E-state index is 10.2. The number of likely N-dealkylation sites (tertiary alicyclic amines) is 2. The van der Waals surface area contributed by atoms with Crippen LogP contribution >= 0.6 is 0 Å².